The summed E-state index contributed by atoms with van der Waals surface area (Å²) in [6, 6.07) is 14.5. The van der Waals surface area contributed by atoms with Gasteiger partial charge in [-0.1, -0.05) is 35.4 Å². The third-order valence-electron chi connectivity index (χ3n) is 3.23. The SMILES string of the molecule is Cc1ccc(NC(=O)[C@H](C)OC(=O)c2cccc(C)c2)cc1. The zero-order valence-corrected chi connectivity index (χ0v) is 12.9. The number of nitrogens with one attached hydrogen (secondary N) is 1. The first-order chi connectivity index (χ1) is 10.5. The van der Waals surface area contributed by atoms with Crippen LogP contribution in [0.15, 0.2) is 48.5 Å². The predicted molar refractivity (Wildman–Crippen MR) is 85.9 cm³/mol. The van der Waals surface area contributed by atoms with E-state index in [1.807, 2.05) is 44.2 Å². The molecule has 1 atom stereocenters. The maximum absolute atomic E-state index is 12.0. The van der Waals surface area contributed by atoms with Gasteiger partial charge in [0.25, 0.3) is 5.91 Å². The third kappa shape index (κ3) is 4.19. The van der Waals surface area contributed by atoms with Gasteiger partial charge in [0.05, 0.1) is 5.56 Å². The van der Waals surface area contributed by atoms with E-state index in [1.165, 1.54) is 0 Å². The van der Waals surface area contributed by atoms with Gasteiger partial charge in [0.15, 0.2) is 6.10 Å². The third-order valence-corrected chi connectivity index (χ3v) is 3.23. The molecule has 4 nitrogen and oxygen atoms in total. The Morgan fingerprint density at radius 2 is 1.68 bits per heavy atom. The Hall–Kier alpha value is -2.62. The molecule has 1 N–H and O–H groups in total. The van der Waals surface area contributed by atoms with Crippen LogP contribution in [-0.2, 0) is 9.53 Å². The van der Waals surface area contributed by atoms with Gasteiger partial charge in [-0.15, -0.1) is 0 Å². The molecule has 114 valence electrons. The van der Waals surface area contributed by atoms with Crippen molar-refractivity contribution < 1.29 is 14.3 Å². The fraction of sp³-hybridized carbons (Fsp3) is 0.222. The predicted octanol–water partition coefficient (Wildman–Crippen LogP) is 3.49. The molecule has 0 aliphatic heterocycles. The van der Waals surface area contributed by atoms with Crippen LogP contribution in [-0.4, -0.2) is 18.0 Å². The summed E-state index contributed by atoms with van der Waals surface area (Å²) >= 11 is 0. The van der Waals surface area contributed by atoms with Gasteiger partial charge in [0.1, 0.15) is 0 Å². The van der Waals surface area contributed by atoms with Crippen molar-refractivity contribution in [3.63, 3.8) is 0 Å². The number of ether oxygens (including phenoxy) is 1. The molecule has 0 radical (unpaired) electrons. The van der Waals surface area contributed by atoms with Gasteiger partial charge >= 0.3 is 5.97 Å². The highest BCUT2D eigenvalue weighted by atomic mass is 16.5. The van der Waals surface area contributed by atoms with Crippen LogP contribution in [0, 0.1) is 13.8 Å². The summed E-state index contributed by atoms with van der Waals surface area (Å²) in [5, 5.41) is 2.72. The van der Waals surface area contributed by atoms with Gasteiger partial charge in [-0.05, 0) is 45.0 Å². The second-order valence-electron chi connectivity index (χ2n) is 5.27. The molecule has 4 heteroatoms. The van der Waals surface area contributed by atoms with E-state index in [2.05, 4.69) is 5.32 Å². The van der Waals surface area contributed by atoms with Crippen molar-refractivity contribution >= 4 is 17.6 Å². The van der Waals surface area contributed by atoms with Gasteiger partial charge < -0.3 is 10.1 Å². The number of carbonyl (C=O) groups is 2. The molecule has 0 saturated carbocycles. The van der Waals surface area contributed by atoms with Crippen molar-refractivity contribution in [1.82, 2.24) is 0 Å². The summed E-state index contributed by atoms with van der Waals surface area (Å²) in [4.78, 5) is 24.0. The van der Waals surface area contributed by atoms with E-state index in [0.29, 0.717) is 11.3 Å². The summed E-state index contributed by atoms with van der Waals surface area (Å²) in [7, 11) is 0. The van der Waals surface area contributed by atoms with E-state index >= 15 is 0 Å². The van der Waals surface area contributed by atoms with Gasteiger partial charge in [-0.2, -0.15) is 0 Å². The molecule has 0 heterocycles. The molecule has 2 rings (SSSR count). The van der Waals surface area contributed by atoms with Gasteiger partial charge in [-0.3, -0.25) is 4.79 Å². The van der Waals surface area contributed by atoms with E-state index in [4.69, 9.17) is 4.74 Å². The molecular weight excluding hydrogens is 278 g/mol. The Kier molecular flexibility index (Phi) is 4.94. The summed E-state index contributed by atoms with van der Waals surface area (Å²) in [6.45, 7) is 5.42. The smallest absolute Gasteiger partial charge is 0.338 e. The van der Waals surface area contributed by atoms with E-state index in [9.17, 15) is 9.59 Å². The van der Waals surface area contributed by atoms with Crippen LogP contribution in [0.4, 0.5) is 5.69 Å². The van der Waals surface area contributed by atoms with Crippen molar-refractivity contribution in [2.45, 2.75) is 26.9 Å². The number of anilines is 1. The van der Waals surface area contributed by atoms with Gasteiger partial charge in [0, 0.05) is 5.69 Å². The van der Waals surface area contributed by atoms with Gasteiger partial charge in [0.2, 0.25) is 0 Å². The summed E-state index contributed by atoms with van der Waals surface area (Å²) in [5.74, 6) is -0.861. The molecule has 0 bridgehead atoms. The number of hydrogen-bond donors (Lipinski definition) is 1. The fourth-order valence-electron chi connectivity index (χ4n) is 1.93. The zero-order valence-electron chi connectivity index (χ0n) is 12.9. The van der Waals surface area contributed by atoms with Crippen molar-refractivity contribution in [2.75, 3.05) is 5.32 Å². The highest BCUT2D eigenvalue weighted by molar-refractivity contribution is 5.97. The normalized spacial score (nSPS) is 11.6. The van der Waals surface area contributed by atoms with Crippen LogP contribution in [0.1, 0.15) is 28.4 Å². The number of hydrogen-bond acceptors (Lipinski definition) is 3. The van der Waals surface area contributed by atoms with E-state index in [1.54, 1.807) is 25.1 Å². The summed E-state index contributed by atoms with van der Waals surface area (Å²) < 4.78 is 5.20. The topological polar surface area (TPSA) is 55.4 Å². The highest BCUT2D eigenvalue weighted by Crippen LogP contribution is 2.11. The zero-order chi connectivity index (χ0) is 16.1. The minimum absolute atomic E-state index is 0.357. The number of aryl methyl sites for hydroxylation is 2. The molecule has 0 unspecified atom stereocenters. The number of benzene rings is 2. The lowest BCUT2D eigenvalue weighted by Crippen LogP contribution is -2.30. The Labute approximate surface area is 130 Å². The lowest BCUT2D eigenvalue weighted by Gasteiger charge is -2.14. The van der Waals surface area contributed by atoms with E-state index in [0.717, 1.165) is 11.1 Å². The Balaban J connectivity index is 1.96. The fourth-order valence-corrected chi connectivity index (χ4v) is 1.93. The Morgan fingerprint density at radius 3 is 2.32 bits per heavy atom. The maximum Gasteiger partial charge on any atom is 0.338 e. The molecule has 0 aromatic heterocycles. The van der Waals surface area contributed by atoms with Crippen molar-refractivity contribution in [2.24, 2.45) is 0 Å². The average Bonchev–Trinajstić information content (AvgIpc) is 2.49. The van der Waals surface area contributed by atoms with E-state index < -0.39 is 12.1 Å². The second-order valence-corrected chi connectivity index (χ2v) is 5.27. The van der Waals surface area contributed by atoms with Crippen molar-refractivity contribution in [3.05, 3.63) is 65.2 Å². The molecule has 0 spiro atoms. The van der Waals surface area contributed by atoms with Crippen LogP contribution >= 0.6 is 0 Å². The number of esters is 1. The number of rotatable bonds is 4. The number of carbonyl (C=O) groups excluding carboxylic acids is 2. The van der Waals surface area contributed by atoms with Crippen LogP contribution < -0.4 is 5.32 Å². The first kappa shape index (κ1) is 15.8. The minimum Gasteiger partial charge on any atom is -0.449 e. The highest BCUT2D eigenvalue weighted by Gasteiger charge is 2.19. The second kappa shape index (κ2) is 6.89. The average molecular weight is 297 g/mol. The molecule has 2 aromatic rings. The first-order valence-corrected chi connectivity index (χ1v) is 7.11. The standard InChI is InChI=1S/C18H19NO3/c1-12-7-9-16(10-8-12)19-17(20)14(3)22-18(21)15-6-4-5-13(2)11-15/h4-11,14H,1-3H3,(H,19,20)/t14-/m0/s1. The van der Waals surface area contributed by atoms with Crippen LogP contribution in [0.5, 0.6) is 0 Å². The summed E-state index contributed by atoms with van der Waals surface area (Å²) in [6.07, 6.45) is -0.866. The monoisotopic (exact) mass is 297 g/mol. The van der Waals surface area contributed by atoms with E-state index in [-0.39, 0.29) is 5.91 Å². The van der Waals surface area contributed by atoms with Crippen LogP contribution in [0.25, 0.3) is 0 Å². The molecule has 1 amide bonds. The lowest BCUT2D eigenvalue weighted by molar-refractivity contribution is -0.123. The maximum atomic E-state index is 12.0. The molecular formula is C18H19NO3. The molecule has 0 saturated heterocycles. The Bertz CT molecular complexity index is 677. The van der Waals surface area contributed by atoms with Crippen LogP contribution in [0.2, 0.25) is 0 Å². The summed E-state index contributed by atoms with van der Waals surface area (Å²) in [5.41, 5.74) is 3.19. The largest absolute Gasteiger partial charge is 0.449 e. The lowest BCUT2D eigenvalue weighted by atomic mass is 10.1. The van der Waals surface area contributed by atoms with Crippen molar-refractivity contribution in [1.29, 1.82) is 0 Å². The van der Waals surface area contributed by atoms with Crippen molar-refractivity contribution in [3.8, 4) is 0 Å². The number of amides is 1. The molecule has 0 aliphatic rings. The Morgan fingerprint density at radius 1 is 1.00 bits per heavy atom. The quantitative estimate of drug-likeness (QED) is 0.879. The molecule has 2 aromatic carbocycles. The molecule has 0 fully saturated rings. The molecule has 22 heavy (non-hydrogen) atoms. The van der Waals surface area contributed by atoms with Crippen LogP contribution in [0.3, 0.4) is 0 Å². The minimum atomic E-state index is -0.866. The first-order valence-electron chi connectivity index (χ1n) is 7.11. The van der Waals surface area contributed by atoms with Gasteiger partial charge in [-0.25, -0.2) is 4.79 Å². The molecule has 0 aliphatic carbocycles.